The van der Waals surface area contributed by atoms with Crippen LogP contribution in [0.2, 0.25) is 5.02 Å². The van der Waals surface area contributed by atoms with Crippen LogP contribution in [-0.2, 0) is 0 Å². The lowest BCUT2D eigenvalue weighted by atomic mass is 10.0. The number of carbonyl (C=O) groups is 3. The molecule has 84 valence electrons. The van der Waals surface area contributed by atoms with Crippen LogP contribution in [-0.4, -0.2) is 27.4 Å². The van der Waals surface area contributed by atoms with Crippen molar-refractivity contribution >= 4 is 40.4 Å². The van der Waals surface area contributed by atoms with E-state index in [1.807, 2.05) is 0 Å². The van der Waals surface area contributed by atoms with E-state index < -0.39 is 33.3 Å². The first-order valence-corrected chi connectivity index (χ1v) is 4.60. The van der Waals surface area contributed by atoms with Gasteiger partial charge in [-0.05, 0) is 23.7 Å². The van der Waals surface area contributed by atoms with Gasteiger partial charge < -0.3 is 10.2 Å². The number of hydrogen-bond donors (Lipinski definition) is 2. The number of hydrogen-bond acceptors (Lipinski definition) is 3. The van der Waals surface area contributed by atoms with E-state index in [4.69, 9.17) is 33.4 Å². The standard InChI is InChI=1S/C9H4Cl2O5/c10-6-4(7(11)12)2-1-3(8(13)14)5(6)9(15)16/h1-2H,(H,13,14)(H,15,16). The first kappa shape index (κ1) is 12.5. The molecule has 0 spiro atoms. The zero-order valence-corrected chi connectivity index (χ0v) is 9.04. The Kier molecular flexibility index (Phi) is 3.51. The summed E-state index contributed by atoms with van der Waals surface area (Å²) < 4.78 is 0. The summed E-state index contributed by atoms with van der Waals surface area (Å²) in [6.45, 7) is 0. The van der Waals surface area contributed by atoms with E-state index in [9.17, 15) is 14.4 Å². The van der Waals surface area contributed by atoms with Gasteiger partial charge in [0.2, 0.25) is 0 Å². The molecule has 1 rings (SSSR count). The normalized spacial score (nSPS) is 9.88. The second-order valence-corrected chi connectivity index (χ2v) is 3.45. The molecule has 0 aliphatic carbocycles. The van der Waals surface area contributed by atoms with Crippen molar-refractivity contribution in [3.05, 3.63) is 33.8 Å². The highest BCUT2D eigenvalue weighted by Gasteiger charge is 2.23. The van der Waals surface area contributed by atoms with Gasteiger partial charge in [0.15, 0.2) is 0 Å². The summed E-state index contributed by atoms with van der Waals surface area (Å²) >= 11 is 10.8. The minimum Gasteiger partial charge on any atom is -0.478 e. The van der Waals surface area contributed by atoms with Crippen molar-refractivity contribution < 1.29 is 24.6 Å². The molecule has 0 unspecified atom stereocenters. The summed E-state index contributed by atoms with van der Waals surface area (Å²) in [5.74, 6) is -2.99. The molecule has 16 heavy (non-hydrogen) atoms. The Balaban J connectivity index is 3.60. The lowest BCUT2D eigenvalue weighted by Gasteiger charge is -2.06. The van der Waals surface area contributed by atoms with Crippen LogP contribution in [0.4, 0.5) is 0 Å². The van der Waals surface area contributed by atoms with E-state index in [2.05, 4.69) is 0 Å². The molecule has 0 heterocycles. The average molecular weight is 263 g/mol. The lowest BCUT2D eigenvalue weighted by Crippen LogP contribution is -2.10. The Morgan fingerprint density at radius 3 is 1.88 bits per heavy atom. The fourth-order valence-corrected chi connectivity index (χ4v) is 1.65. The number of carboxylic acid groups (broad SMARTS) is 2. The van der Waals surface area contributed by atoms with E-state index >= 15 is 0 Å². The Morgan fingerprint density at radius 2 is 1.50 bits per heavy atom. The Hall–Kier alpha value is -1.59. The molecule has 1 aromatic carbocycles. The molecular formula is C9H4Cl2O5. The van der Waals surface area contributed by atoms with Crippen molar-refractivity contribution in [3.8, 4) is 0 Å². The van der Waals surface area contributed by atoms with Crippen molar-refractivity contribution in [2.45, 2.75) is 0 Å². The predicted octanol–water partition coefficient (Wildman–Crippen LogP) is 2.12. The lowest BCUT2D eigenvalue weighted by molar-refractivity contribution is 0.0651. The monoisotopic (exact) mass is 262 g/mol. The molecule has 0 atom stereocenters. The number of benzene rings is 1. The molecule has 0 radical (unpaired) electrons. The van der Waals surface area contributed by atoms with Crippen molar-refractivity contribution in [3.63, 3.8) is 0 Å². The second-order valence-electron chi connectivity index (χ2n) is 2.73. The third-order valence-corrected chi connectivity index (χ3v) is 2.39. The summed E-state index contributed by atoms with van der Waals surface area (Å²) in [6, 6.07) is 2.03. The molecule has 5 nitrogen and oxygen atoms in total. The third-order valence-electron chi connectivity index (χ3n) is 1.80. The third kappa shape index (κ3) is 2.15. The second kappa shape index (κ2) is 4.51. The summed E-state index contributed by atoms with van der Waals surface area (Å²) in [4.78, 5) is 32.4. The van der Waals surface area contributed by atoms with E-state index in [0.717, 1.165) is 12.1 Å². The largest absolute Gasteiger partial charge is 0.478 e. The Labute approximate surface area is 99.2 Å². The smallest absolute Gasteiger partial charge is 0.338 e. The molecule has 0 aliphatic rings. The van der Waals surface area contributed by atoms with Crippen LogP contribution in [0.5, 0.6) is 0 Å². The molecule has 1 aromatic rings. The molecule has 0 amide bonds. The van der Waals surface area contributed by atoms with Crippen molar-refractivity contribution in [1.82, 2.24) is 0 Å². The van der Waals surface area contributed by atoms with Gasteiger partial charge in [-0.3, -0.25) is 4.79 Å². The van der Waals surface area contributed by atoms with Crippen molar-refractivity contribution in [2.24, 2.45) is 0 Å². The topological polar surface area (TPSA) is 91.7 Å². The highest BCUT2D eigenvalue weighted by Crippen LogP contribution is 2.26. The summed E-state index contributed by atoms with van der Waals surface area (Å²) in [5.41, 5.74) is -1.40. The Morgan fingerprint density at radius 1 is 1.00 bits per heavy atom. The number of halogens is 2. The van der Waals surface area contributed by atoms with Crippen LogP contribution >= 0.6 is 23.2 Å². The van der Waals surface area contributed by atoms with Gasteiger partial charge in [-0.2, -0.15) is 0 Å². The van der Waals surface area contributed by atoms with Gasteiger partial charge in [0.1, 0.15) is 0 Å². The number of carbonyl (C=O) groups excluding carboxylic acids is 1. The quantitative estimate of drug-likeness (QED) is 0.815. The summed E-state index contributed by atoms with van der Waals surface area (Å²) in [6.07, 6.45) is 0. The zero-order valence-electron chi connectivity index (χ0n) is 7.53. The van der Waals surface area contributed by atoms with Gasteiger partial charge in [0.25, 0.3) is 5.24 Å². The fourth-order valence-electron chi connectivity index (χ4n) is 1.12. The van der Waals surface area contributed by atoms with Crippen LogP contribution in [0.3, 0.4) is 0 Å². The van der Waals surface area contributed by atoms with Crippen LogP contribution in [0.15, 0.2) is 12.1 Å². The number of aromatic carboxylic acids is 2. The van der Waals surface area contributed by atoms with E-state index in [1.54, 1.807) is 0 Å². The van der Waals surface area contributed by atoms with Crippen molar-refractivity contribution in [1.29, 1.82) is 0 Å². The molecular weight excluding hydrogens is 259 g/mol. The van der Waals surface area contributed by atoms with Gasteiger partial charge in [-0.1, -0.05) is 11.6 Å². The van der Waals surface area contributed by atoms with Gasteiger partial charge in [0.05, 0.1) is 21.7 Å². The van der Waals surface area contributed by atoms with E-state index in [1.165, 1.54) is 0 Å². The van der Waals surface area contributed by atoms with Crippen LogP contribution < -0.4 is 0 Å². The number of carboxylic acids is 2. The molecule has 0 bridgehead atoms. The molecule has 7 heteroatoms. The molecule has 0 saturated carbocycles. The molecule has 0 aliphatic heterocycles. The minimum absolute atomic E-state index is 0.245. The molecule has 0 saturated heterocycles. The zero-order chi connectivity index (χ0) is 12.5. The van der Waals surface area contributed by atoms with Crippen LogP contribution in [0.25, 0.3) is 0 Å². The maximum Gasteiger partial charge on any atom is 0.338 e. The summed E-state index contributed by atoms with van der Waals surface area (Å²) in [5, 5.41) is 16.1. The van der Waals surface area contributed by atoms with E-state index in [-0.39, 0.29) is 5.56 Å². The number of rotatable bonds is 3. The van der Waals surface area contributed by atoms with Gasteiger partial charge in [-0.15, -0.1) is 0 Å². The average Bonchev–Trinajstić information content (AvgIpc) is 2.15. The Bertz CT molecular complexity index is 495. The predicted molar refractivity (Wildman–Crippen MR) is 55.6 cm³/mol. The summed E-state index contributed by atoms with van der Waals surface area (Å²) in [7, 11) is 0. The SMILES string of the molecule is O=C(Cl)c1ccc(C(=O)O)c(C(=O)O)c1Cl. The first-order valence-electron chi connectivity index (χ1n) is 3.85. The molecule has 0 aromatic heterocycles. The van der Waals surface area contributed by atoms with Crippen molar-refractivity contribution in [2.75, 3.05) is 0 Å². The van der Waals surface area contributed by atoms with Gasteiger partial charge >= 0.3 is 11.9 Å². The first-order chi connectivity index (χ1) is 7.36. The van der Waals surface area contributed by atoms with Crippen LogP contribution in [0, 0.1) is 0 Å². The highest BCUT2D eigenvalue weighted by atomic mass is 35.5. The van der Waals surface area contributed by atoms with Crippen LogP contribution in [0.1, 0.15) is 31.1 Å². The maximum atomic E-state index is 10.9. The molecule has 0 fully saturated rings. The van der Waals surface area contributed by atoms with Gasteiger partial charge in [-0.25, -0.2) is 9.59 Å². The molecule has 2 N–H and O–H groups in total. The minimum atomic E-state index is -1.54. The highest BCUT2D eigenvalue weighted by molar-refractivity contribution is 6.69. The van der Waals surface area contributed by atoms with Gasteiger partial charge in [0, 0.05) is 0 Å². The maximum absolute atomic E-state index is 10.9. The fraction of sp³-hybridized carbons (Fsp3) is 0. The van der Waals surface area contributed by atoms with E-state index in [0.29, 0.717) is 0 Å².